The average molecular weight is 169 g/mol. The van der Waals surface area contributed by atoms with Gasteiger partial charge in [0.1, 0.15) is 0 Å². The van der Waals surface area contributed by atoms with E-state index in [2.05, 4.69) is 6.92 Å². The Labute approximate surface area is 74.5 Å². The first-order valence-electron chi connectivity index (χ1n) is 5.09. The van der Waals surface area contributed by atoms with E-state index in [-0.39, 0.29) is 0 Å². The molecular weight excluding hydrogens is 150 g/mol. The topological polar surface area (TPSA) is 35.2 Å². The molecule has 0 aromatic carbocycles. The molecule has 0 aromatic heterocycles. The lowest BCUT2D eigenvalue weighted by atomic mass is 9.79. The summed E-state index contributed by atoms with van der Waals surface area (Å²) >= 11 is 0. The average Bonchev–Trinajstić information content (AvgIpc) is 2.86. The van der Waals surface area contributed by atoms with Crippen LogP contribution in [0.2, 0.25) is 0 Å². The van der Waals surface area contributed by atoms with E-state index in [1.807, 2.05) is 0 Å². The van der Waals surface area contributed by atoms with Crippen LogP contribution in [0.4, 0.5) is 0 Å². The van der Waals surface area contributed by atoms with Crippen LogP contribution in [0.5, 0.6) is 0 Å². The van der Waals surface area contributed by atoms with Gasteiger partial charge < -0.3 is 10.5 Å². The highest BCUT2D eigenvalue weighted by Gasteiger charge is 2.51. The van der Waals surface area contributed by atoms with Gasteiger partial charge in [-0.25, -0.2) is 0 Å². The molecule has 12 heavy (non-hydrogen) atoms. The maximum absolute atomic E-state index is 6.02. The Morgan fingerprint density at radius 1 is 1.33 bits per heavy atom. The molecule has 2 N–H and O–H groups in total. The first-order chi connectivity index (χ1) is 5.76. The van der Waals surface area contributed by atoms with Crippen LogP contribution < -0.4 is 5.73 Å². The quantitative estimate of drug-likeness (QED) is 0.680. The highest BCUT2D eigenvalue weighted by Crippen LogP contribution is 2.56. The van der Waals surface area contributed by atoms with E-state index in [0.717, 1.165) is 19.1 Å². The molecule has 1 heterocycles. The summed E-state index contributed by atoms with van der Waals surface area (Å²) in [5.41, 5.74) is 6.54. The molecule has 1 aliphatic heterocycles. The van der Waals surface area contributed by atoms with Crippen LogP contribution in [0.1, 0.15) is 32.6 Å². The van der Waals surface area contributed by atoms with Gasteiger partial charge in [-0.2, -0.15) is 0 Å². The first kappa shape index (κ1) is 8.52. The Hall–Kier alpha value is -0.0800. The van der Waals surface area contributed by atoms with Crippen molar-refractivity contribution in [3.63, 3.8) is 0 Å². The largest absolute Gasteiger partial charge is 0.381 e. The maximum Gasteiger partial charge on any atom is 0.0468 e. The van der Waals surface area contributed by atoms with E-state index in [9.17, 15) is 0 Å². The van der Waals surface area contributed by atoms with Crippen LogP contribution >= 0.6 is 0 Å². The minimum absolute atomic E-state index is 0.389. The molecule has 1 unspecified atom stereocenters. The van der Waals surface area contributed by atoms with Crippen molar-refractivity contribution in [2.24, 2.45) is 17.1 Å². The van der Waals surface area contributed by atoms with Crippen LogP contribution in [0.25, 0.3) is 0 Å². The molecule has 1 aliphatic carbocycles. The number of ether oxygens (including phenoxy) is 1. The molecule has 0 bridgehead atoms. The zero-order valence-corrected chi connectivity index (χ0v) is 7.88. The standard InChI is InChI=1S/C10H19NO/c1-8(11)10(4-5-10)9-2-6-12-7-3-9/h8-9H,2-7,11H2,1H3. The van der Waals surface area contributed by atoms with E-state index in [0.29, 0.717) is 11.5 Å². The van der Waals surface area contributed by atoms with Crippen molar-refractivity contribution < 1.29 is 4.74 Å². The summed E-state index contributed by atoms with van der Waals surface area (Å²) < 4.78 is 5.36. The third kappa shape index (κ3) is 1.27. The van der Waals surface area contributed by atoms with Gasteiger partial charge in [-0.05, 0) is 43.9 Å². The van der Waals surface area contributed by atoms with Gasteiger partial charge in [0, 0.05) is 19.3 Å². The Kier molecular flexibility index (Phi) is 2.13. The van der Waals surface area contributed by atoms with Crippen molar-refractivity contribution in [3.05, 3.63) is 0 Å². The summed E-state index contributed by atoms with van der Waals surface area (Å²) in [7, 11) is 0. The molecule has 2 rings (SSSR count). The van der Waals surface area contributed by atoms with Gasteiger partial charge in [-0.3, -0.25) is 0 Å². The molecule has 1 saturated heterocycles. The van der Waals surface area contributed by atoms with E-state index >= 15 is 0 Å². The second kappa shape index (κ2) is 3.00. The molecule has 2 aliphatic rings. The highest BCUT2D eigenvalue weighted by atomic mass is 16.5. The Morgan fingerprint density at radius 3 is 2.33 bits per heavy atom. The summed E-state index contributed by atoms with van der Waals surface area (Å²) in [5.74, 6) is 0.853. The lowest BCUT2D eigenvalue weighted by Crippen LogP contribution is -2.37. The normalized spacial score (nSPS) is 31.5. The molecule has 0 aromatic rings. The van der Waals surface area contributed by atoms with Crippen molar-refractivity contribution >= 4 is 0 Å². The molecule has 0 spiro atoms. The van der Waals surface area contributed by atoms with Crippen molar-refractivity contribution in [1.82, 2.24) is 0 Å². The zero-order chi connectivity index (χ0) is 8.60. The smallest absolute Gasteiger partial charge is 0.0468 e. The van der Waals surface area contributed by atoms with Crippen molar-refractivity contribution in [2.45, 2.75) is 38.6 Å². The van der Waals surface area contributed by atoms with Crippen molar-refractivity contribution in [3.8, 4) is 0 Å². The predicted molar refractivity (Wildman–Crippen MR) is 48.9 cm³/mol. The summed E-state index contributed by atoms with van der Waals surface area (Å²) in [6.45, 7) is 4.08. The Balaban J connectivity index is 1.97. The van der Waals surface area contributed by atoms with Crippen LogP contribution in [0, 0.1) is 11.3 Å². The van der Waals surface area contributed by atoms with Gasteiger partial charge >= 0.3 is 0 Å². The van der Waals surface area contributed by atoms with Crippen LogP contribution in [-0.4, -0.2) is 19.3 Å². The lowest BCUT2D eigenvalue weighted by molar-refractivity contribution is 0.0361. The van der Waals surface area contributed by atoms with Gasteiger partial charge in [-0.15, -0.1) is 0 Å². The fourth-order valence-electron chi connectivity index (χ4n) is 2.65. The van der Waals surface area contributed by atoms with Crippen molar-refractivity contribution in [2.75, 3.05) is 13.2 Å². The van der Waals surface area contributed by atoms with Gasteiger partial charge in [0.25, 0.3) is 0 Å². The van der Waals surface area contributed by atoms with Crippen molar-refractivity contribution in [1.29, 1.82) is 0 Å². The monoisotopic (exact) mass is 169 g/mol. The Morgan fingerprint density at radius 2 is 1.92 bits per heavy atom. The summed E-state index contributed by atoms with van der Waals surface area (Å²) in [6.07, 6.45) is 5.19. The van der Waals surface area contributed by atoms with Gasteiger partial charge in [0.05, 0.1) is 0 Å². The number of rotatable bonds is 2. The SMILES string of the molecule is CC(N)C1(C2CCOCC2)CC1. The summed E-state index contributed by atoms with van der Waals surface area (Å²) in [5, 5.41) is 0. The zero-order valence-electron chi connectivity index (χ0n) is 7.88. The van der Waals surface area contributed by atoms with Gasteiger partial charge in [-0.1, -0.05) is 0 Å². The summed E-state index contributed by atoms with van der Waals surface area (Å²) in [4.78, 5) is 0. The number of hydrogen-bond donors (Lipinski definition) is 1. The van der Waals surface area contributed by atoms with E-state index < -0.39 is 0 Å². The van der Waals surface area contributed by atoms with Gasteiger partial charge in [0.2, 0.25) is 0 Å². The van der Waals surface area contributed by atoms with E-state index in [1.54, 1.807) is 0 Å². The molecule has 1 saturated carbocycles. The highest BCUT2D eigenvalue weighted by molar-refractivity contribution is 5.03. The fourth-order valence-corrected chi connectivity index (χ4v) is 2.65. The third-order valence-corrected chi connectivity index (χ3v) is 3.77. The summed E-state index contributed by atoms with van der Waals surface area (Å²) in [6, 6.07) is 0.389. The molecule has 70 valence electrons. The molecule has 0 amide bonds. The van der Waals surface area contributed by atoms with E-state index in [1.165, 1.54) is 25.7 Å². The molecule has 0 radical (unpaired) electrons. The fraction of sp³-hybridized carbons (Fsp3) is 1.00. The van der Waals surface area contributed by atoms with E-state index in [4.69, 9.17) is 10.5 Å². The molecule has 2 fully saturated rings. The number of hydrogen-bond acceptors (Lipinski definition) is 2. The second-order valence-electron chi connectivity index (χ2n) is 4.41. The molecule has 2 nitrogen and oxygen atoms in total. The minimum Gasteiger partial charge on any atom is -0.381 e. The van der Waals surface area contributed by atoms with Crippen LogP contribution in [0.15, 0.2) is 0 Å². The first-order valence-corrected chi connectivity index (χ1v) is 5.09. The maximum atomic E-state index is 6.02. The second-order valence-corrected chi connectivity index (χ2v) is 4.41. The predicted octanol–water partition coefficient (Wildman–Crippen LogP) is 1.54. The van der Waals surface area contributed by atoms with Crippen LogP contribution in [-0.2, 0) is 4.74 Å². The molecular formula is C10H19NO. The lowest BCUT2D eigenvalue weighted by Gasteiger charge is -2.33. The van der Waals surface area contributed by atoms with Gasteiger partial charge in [0.15, 0.2) is 0 Å². The number of nitrogens with two attached hydrogens (primary N) is 1. The molecule has 2 heteroatoms. The Bertz CT molecular complexity index is 157. The van der Waals surface area contributed by atoms with Crippen LogP contribution in [0.3, 0.4) is 0 Å². The third-order valence-electron chi connectivity index (χ3n) is 3.77. The minimum atomic E-state index is 0.389. The molecule has 1 atom stereocenters.